The quantitative estimate of drug-likeness (QED) is 0.596. The molecular formula is C9H16N2O2. The highest BCUT2D eigenvalue weighted by molar-refractivity contribution is 5.09. The van der Waals surface area contributed by atoms with E-state index in [1.165, 1.54) is 0 Å². The molecular weight excluding hydrogens is 168 g/mol. The molecule has 1 heterocycles. The molecule has 1 aromatic heterocycles. The molecule has 74 valence electrons. The zero-order chi connectivity index (χ0) is 9.68. The Morgan fingerprint density at radius 3 is 2.54 bits per heavy atom. The summed E-state index contributed by atoms with van der Waals surface area (Å²) >= 11 is 0. The Morgan fingerprint density at radius 2 is 1.92 bits per heavy atom. The summed E-state index contributed by atoms with van der Waals surface area (Å²) in [4.78, 5) is 16.1. The number of aromatic amines is 2. The zero-order valence-electron chi connectivity index (χ0n) is 7.89. The van der Waals surface area contributed by atoms with Gasteiger partial charge in [-0.05, 0) is 12.8 Å². The molecule has 0 radical (unpaired) electrons. The van der Waals surface area contributed by atoms with Crippen molar-refractivity contribution in [3.63, 3.8) is 0 Å². The lowest BCUT2D eigenvalue weighted by atomic mass is 10.1. The maximum atomic E-state index is 10.9. The van der Waals surface area contributed by atoms with Gasteiger partial charge in [0.05, 0.1) is 12.3 Å². The minimum atomic E-state index is -0.226. The van der Waals surface area contributed by atoms with Crippen molar-refractivity contribution >= 4 is 0 Å². The van der Waals surface area contributed by atoms with Gasteiger partial charge in [0.25, 0.3) is 0 Å². The summed E-state index contributed by atoms with van der Waals surface area (Å²) in [7, 11) is 0. The normalized spacial score (nSPS) is 10.6. The van der Waals surface area contributed by atoms with Gasteiger partial charge in [0.1, 0.15) is 0 Å². The zero-order valence-corrected chi connectivity index (χ0v) is 7.89. The average molecular weight is 184 g/mol. The van der Waals surface area contributed by atoms with Crippen molar-refractivity contribution in [3.8, 4) is 0 Å². The van der Waals surface area contributed by atoms with Crippen LogP contribution in [0.4, 0.5) is 0 Å². The molecule has 0 unspecified atom stereocenters. The van der Waals surface area contributed by atoms with Crippen LogP contribution in [0.5, 0.6) is 0 Å². The summed E-state index contributed by atoms with van der Waals surface area (Å²) in [6, 6.07) is 0. The molecule has 0 spiro atoms. The van der Waals surface area contributed by atoms with Crippen LogP contribution in [0.3, 0.4) is 0 Å². The second-order valence-electron chi connectivity index (χ2n) is 3.15. The van der Waals surface area contributed by atoms with Gasteiger partial charge in [0, 0.05) is 5.69 Å². The van der Waals surface area contributed by atoms with Crippen LogP contribution in [0.15, 0.2) is 4.79 Å². The molecule has 1 rings (SSSR count). The predicted octanol–water partition coefficient (Wildman–Crippen LogP) is 0.928. The fourth-order valence-corrected chi connectivity index (χ4v) is 1.36. The van der Waals surface area contributed by atoms with Crippen LogP contribution in [-0.2, 0) is 13.0 Å². The Hall–Kier alpha value is -1.03. The van der Waals surface area contributed by atoms with Crippen LogP contribution in [0.2, 0.25) is 0 Å². The minimum Gasteiger partial charge on any atom is -0.390 e. The van der Waals surface area contributed by atoms with E-state index in [0.29, 0.717) is 5.69 Å². The first kappa shape index (κ1) is 10.1. The van der Waals surface area contributed by atoms with Gasteiger partial charge in [-0.15, -0.1) is 0 Å². The first-order valence-corrected chi connectivity index (χ1v) is 4.68. The molecule has 0 saturated carbocycles. The average Bonchev–Trinajstić information content (AvgIpc) is 2.47. The van der Waals surface area contributed by atoms with Gasteiger partial charge in [-0.3, -0.25) is 0 Å². The SMILES string of the molecule is CCCCCc1[nH]c(=O)[nH]c1CO. The maximum absolute atomic E-state index is 10.9. The fraction of sp³-hybridized carbons (Fsp3) is 0.667. The summed E-state index contributed by atoms with van der Waals surface area (Å²) in [6.07, 6.45) is 4.20. The highest BCUT2D eigenvalue weighted by atomic mass is 16.3. The molecule has 0 bridgehead atoms. The van der Waals surface area contributed by atoms with Gasteiger partial charge < -0.3 is 15.1 Å². The number of rotatable bonds is 5. The minimum absolute atomic E-state index is 0.0970. The van der Waals surface area contributed by atoms with Gasteiger partial charge in [-0.1, -0.05) is 19.8 Å². The highest BCUT2D eigenvalue weighted by Crippen LogP contribution is 2.06. The molecule has 0 amide bonds. The van der Waals surface area contributed by atoms with Gasteiger partial charge in [-0.2, -0.15) is 0 Å². The lowest BCUT2D eigenvalue weighted by Gasteiger charge is -1.98. The van der Waals surface area contributed by atoms with E-state index in [4.69, 9.17) is 5.11 Å². The second kappa shape index (κ2) is 4.87. The number of aryl methyl sites for hydroxylation is 1. The maximum Gasteiger partial charge on any atom is 0.323 e. The number of aliphatic hydroxyl groups is 1. The van der Waals surface area contributed by atoms with Crippen molar-refractivity contribution in [1.29, 1.82) is 0 Å². The number of hydrogen-bond acceptors (Lipinski definition) is 2. The molecule has 0 saturated heterocycles. The summed E-state index contributed by atoms with van der Waals surface area (Å²) < 4.78 is 0. The van der Waals surface area contributed by atoms with Crippen molar-refractivity contribution in [2.45, 2.75) is 39.2 Å². The van der Waals surface area contributed by atoms with E-state index >= 15 is 0 Å². The molecule has 0 aliphatic carbocycles. The number of unbranched alkanes of at least 4 members (excludes halogenated alkanes) is 2. The lowest BCUT2D eigenvalue weighted by Crippen LogP contribution is -2.01. The topological polar surface area (TPSA) is 68.9 Å². The first-order valence-electron chi connectivity index (χ1n) is 4.68. The van der Waals surface area contributed by atoms with E-state index < -0.39 is 0 Å². The molecule has 4 heteroatoms. The smallest absolute Gasteiger partial charge is 0.323 e. The summed E-state index contributed by atoms with van der Waals surface area (Å²) in [5.74, 6) is 0. The Morgan fingerprint density at radius 1 is 1.23 bits per heavy atom. The Labute approximate surface area is 77.0 Å². The van der Waals surface area contributed by atoms with Crippen molar-refractivity contribution in [2.24, 2.45) is 0 Å². The van der Waals surface area contributed by atoms with E-state index in [0.717, 1.165) is 31.4 Å². The standard InChI is InChI=1S/C9H16N2O2/c1-2-3-4-5-7-8(6-12)11-9(13)10-7/h12H,2-6H2,1H3,(H2,10,11,13). The van der Waals surface area contributed by atoms with Crippen molar-refractivity contribution < 1.29 is 5.11 Å². The predicted molar refractivity (Wildman–Crippen MR) is 50.6 cm³/mol. The van der Waals surface area contributed by atoms with Gasteiger partial charge in [-0.25, -0.2) is 4.79 Å². The monoisotopic (exact) mass is 184 g/mol. The van der Waals surface area contributed by atoms with E-state index in [1.54, 1.807) is 0 Å². The van der Waals surface area contributed by atoms with E-state index in [1.807, 2.05) is 0 Å². The molecule has 0 atom stereocenters. The first-order chi connectivity index (χ1) is 6.27. The van der Waals surface area contributed by atoms with Crippen LogP contribution in [0.25, 0.3) is 0 Å². The molecule has 0 aromatic carbocycles. The Bertz CT molecular complexity index is 301. The van der Waals surface area contributed by atoms with E-state index in [2.05, 4.69) is 16.9 Å². The largest absolute Gasteiger partial charge is 0.390 e. The molecule has 3 N–H and O–H groups in total. The number of aromatic nitrogens is 2. The Balaban J connectivity index is 2.59. The summed E-state index contributed by atoms with van der Waals surface area (Å²) in [5.41, 5.74) is 1.25. The van der Waals surface area contributed by atoms with Crippen molar-refractivity contribution in [3.05, 3.63) is 21.9 Å². The third-order valence-corrected chi connectivity index (χ3v) is 2.08. The van der Waals surface area contributed by atoms with E-state index in [9.17, 15) is 4.79 Å². The van der Waals surface area contributed by atoms with Crippen LogP contribution < -0.4 is 5.69 Å². The summed E-state index contributed by atoms with van der Waals surface area (Å²) in [6.45, 7) is 2.03. The molecule has 0 aliphatic heterocycles. The molecule has 13 heavy (non-hydrogen) atoms. The van der Waals surface area contributed by atoms with Gasteiger partial charge >= 0.3 is 5.69 Å². The van der Waals surface area contributed by atoms with Crippen LogP contribution in [0, 0.1) is 0 Å². The molecule has 0 aliphatic rings. The number of nitrogens with one attached hydrogen (secondary N) is 2. The third-order valence-electron chi connectivity index (χ3n) is 2.08. The lowest BCUT2D eigenvalue weighted by molar-refractivity contribution is 0.276. The fourth-order valence-electron chi connectivity index (χ4n) is 1.36. The number of hydrogen-bond donors (Lipinski definition) is 3. The number of aliphatic hydroxyl groups excluding tert-OH is 1. The van der Waals surface area contributed by atoms with Crippen molar-refractivity contribution in [1.82, 2.24) is 9.97 Å². The van der Waals surface area contributed by atoms with E-state index in [-0.39, 0.29) is 12.3 Å². The molecule has 1 aromatic rings. The third kappa shape index (κ3) is 2.73. The van der Waals surface area contributed by atoms with Crippen LogP contribution >= 0.6 is 0 Å². The number of H-pyrrole nitrogens is 2. The number of imidazole rings is 1. The highest BCUT2D eigenvalue weighted by Gasteiger charge is 2.04. The van der Waals surface area contributed by atoms with Crippen molar-refractivity contribution in [2.75, 3.05) is 0 Å². The summed E-state index contributed by atoms with van der Waals surface area (Å²) in [5, 5.41) is 8.90. The van der Waals surface area contributed by atoms with Crippen LogP contribution in [-0.4, -0.2) is 15.1 Å². The second-order valence-corrected chi connectivity index (χ2v) is 3.15. The Kier molecular flexibility index (Phi) is 3.76. The molecule has 0 fully saturated rings. The van der Waals surface area contributed by atoms with Gasteiger partial charge in [0.15, 0.2) is 0 Å². The van der Waals surface area contributed by atoms with Gasteiger partial charge in [0.2, 0.25) is 0 Å². The molecule has 4 nitrogen and oxygen atoms in total. The van der Waals surface area contributed by atoms with Crippen LogP contribution in [0.1, 0.15) is 37.6 Å².